The lowest BCUT2D eigenvalue weighted by Gasteiger charge is -2.33. The Bertz CT molecular complexity index is 765. The molecule has 3 aliphatic rings. The maximum Gasteiger partial charge on any atom is 0.407 e. The summed E-state index contributed by atoms with van der Waals surface area (Å²) in [6, 6.07) is -2.06. The van der Waals surface area contributed by atoms with Crippen molar-refractivity contribution in [2.75, 3.05) is 29.6 Å². The zero-order chi connectivity index (χ0) is 17.7. The molecule has 3 rings (SSSR count). The van der Waals surface area contributed by atoms with Crippen molar-refractivity contribution in [2.24, 2.45) is 0 Å². The molecule has 136 valence electrons. The topological polar surface area (TPSA) is 122 Å². The summed E-state index contributed by atoms with van der Waals surface area (Å²) < 4.78 is 52.7. The Hall–Kier alpha value is -1.14. The van der Waals surface area contributed by atoms with Crippen LogP contribution in [0.4, 0.5) is 4.79 Å². The predicted octanol–water partition coefficient (Wildman–Crippen LogP) is -1.75. The first-order valence-electron chi connectivity index (χ1n) is 7.55. The van der Waals surface area contributed by atoms with E-state index in [1.165, 1.54) is 0 Å². The number of rotatable bonds is 3. The second-order valence-corrected chi connectivity index (χ2v) is 10.9. The van der Waals surface area contributed by atoms with Gasteiger partial charge in [-0.2, -0.15) is 0 Å². The molecule has 4 atom stereocenters. The molecule has 0 saturated carbocycles. The van der Waals surface area contributed by atoms with Crippen molar-refractivity contribution >= 4 is 43.1 Å². The van der Waals surface area contributed by atoms with E-state index >= 15 is 0 Å². The SMILES string of the molecule is CCOC(=O)N[C@@H]1CS(=O)(=O)C[C@H]1N1C(=S)N[C@@H]2CS(=O)(=O)C[C@@H]21. The second-order valence-electron chi connectivity index (χ2n) is 6.22. The average molecular weight is 398 g/mol. The number of ether oxygens (including phenoxy) is 1. The molecule has 3 aliphatic heterocycles. The third-order valence-corrected chi connectivity index (χ3v) is 8.24. The zero-order valence-electron chi connectivity index (χ0n) is 13.0. The minimum Gasteiger partial charge on any atom is -0.450 e. The third kappa shape index (κ3) is 3.31. The lowest BCUT2D eigenvalue weighted by molar-refractivity contribution is 0.143. The van der Waals surface area contributed by atoms with Crippen LogP contribution in [0.15, 0.2) is 0 Å². The van der Waals surface area contributed by atoms with E-state index < -0.39 is 43.9 Å². The smallest absolute Gasteiger partial charge is 0.407 e. The Morgan fingerprint density at radius 2 is 1.83 bits per heavy atom. The first-order chi connectivity index (χ1) is 11.1. The molecule has 0 unspecified atom stereocenters. The minimum atomic E-state index is -3.37. The largest absolute Gasteiger partial charge is 0.450 e. The number of hydrogen-bond donors (Lipinski definition) is 2. The maximum atomic E-state index is 12.1. The molecule has 0 aromatic carbocycles. The summed E-state index contributed by atoms with van der Waals surface area (Å²) in [7, 11) is -6.57. The molecule has 2 N–H and O–H groups in total. The quantitative estimate of drug-likeness (QED) is 0.534. The highest BCUT2D eigenvalue weighted by molar-refractivity contribution is 7.92. The van der Waals surface area contributed by atoms with Gasteiger partial charge in [-0.1, -0.05) is 0 Å². The normalized spacial score (nSPS) is 36.2. The number of thiocarbonyl (C=S) groups is 1. The number of carbonyl (C=O) groups is 1. The van der Waals surface area contributed by atoms with Crippen LogP contribution in [0.5, 0.6) is 0 Å². The first kappa shape index (κ1) is 17.7. The summed E-state index contributed by atoms with van der Waals surface area (Å²) >= 11 is 5.28. The number of alkyl carbamates (subject to hydrolysis) is 1. The number of hydrogen-bond acceptors (Lipinski definition) is 7. The zero-order valence-corrected chi connectivity index (χ0v) is 15.4. The highest BCUT2D eigenvalue weighted by Gasteiger charge is 2.53. The van der Waals surface area contributed by atoms with E-state index in [1.807, 2.05) is 0 Å². The molecule has 3 saturated heterocycles. The van der Waals surface area contributed by atoms with Crippen molar-refractivity contribution in [2.45, 2.75) is 31.1 Å². The average Bonchev–Trinajstić information content (AvgIpc) is 2.96. The molecule has 0 spiro atoms. The van der Waals surface area contributed by atoms with Crippen LogP contribution in [0.3, 0.4) is 0 Å². The Kier molecular flexibility index (Phi) is 4.41. The van der Waals surface area contributed by atoms with E-state index in [0.29, 0.717) is 5.11 Å². The van der Waals surface area contributed by atoms with Crippen molar-refractivity contribution in [3.05, 3.63) is 0 Å². The van der Waals surface area contributed by atoms with Crippen molar-refractivity contribution in [3.8, 4) is 0 Å². The van der Waals surface area contributed by atoms with E-state index in [9.17, 15) is 21.6 Å². The van der Waals surface area contributed by atoms with Crippen LogP contribution in [-0.4, -0.2) is 86.7 Å². The van der Waals surface area contributed by atoms with Gasteiger partial charge in [0.15, 0.2) is 24.8 Å². The Morgan fingerprint density at radius 1 is 1.21 bits per heavy atom. The molecule has 0 aromatic rings. The van der Waals surface area contributed by atoms with Crippen LogP contribution in [0.25, 0.3) is 0 Å². The van der Waals surface area contributed by atoms with Crippen LogP contribution in [0.1, 0.15) is 6.92 Å². The van der Waals surface area contributed by atoms with Crippen molar-refractivity contribution in [3.63, 3.8) is 0 Å². The molecule has 3 heterocycles. The Balaban J connectivity index is 1.85. The van der Waals surface area contributed by atoms with Gasteiger partial charge in [0.05, 0.1) is 53.8 Å². The molecule has 0 radical (unpaired) electrons. The van der Waals surface area contributed by atoms with Gasteiger partial charge < -0.3 is 20.3 Å². The fourth-order valence-electron chi connectivity index (χ4n) is 3.59. The van der Waals surface area contributed by atoms with Gasteiger partial charge in [0.25, 0.3) is 0 Å². The Labute approximate surface area is 145 Å². The van der Waals surface area contributed by atoms with Gasteiger partial charge in [-0.05, 0) is 19.1 Å². The molecule has 1 amide bonds. The summed E-state index contributed by atoms with van der Waals surface area (Å²) in [5.41, 5.74) is 0. The molecule has 3 fully saturated rings. The standard InChI is InChI=1S/C12H19N3O6S3/c1-2-21-12(16)14-8-4-24(19,20)6-10(8)15-9-5-23(17,18)3-7(9)13-11(15)22/h7-10H,2-6H2,1H3,(H,13,22)(H,14,16)/t7-,8-,9+,10-/m1/s1. The van der Waals surface area contributed by atoms with Crippen LogP contribution in [0.2, 0.25) is 0 Å². The number of carbonyl (C=O) groups excluding carboxylic acids is 1. The maximum absolute atomic E-state index is 12.1. The lowest BCUT2D eigenvalue weighted by atomic mass is 10.1. The second kappa shape index (κ2) is 5.99. The number of nitrogens with zero attached hydrogens (tertiary/aromatic N) is 1. The van der Waals surface area contributed by atoms with E-state index in [2.05, 4.69) is 10.6 Å². The third-order valence-electron chi connectivity index (χ3n) is 4.48. The van der Waals surface area contributed by atoms with Crippen LogP contribution in [-0.2, 0) is 24.4 Å². The molecule has 24 heavy (non-hydrogen) atoms. The fourth-order valence-corrected chi connectivity index (χ4v) is 7.81. The summed E-state index contributed by atoms with van der Waals surface area (Å²) in [4.78, 5) is 13.3. The van der Waals surface area contributed by atoms with Gasteiger partial charge in [-0.15, -0.1) is 0 Å². The first-order valence-corrected chi connectivity index (χ1v) is 11.6. The number of nitrogens with one attached hydrogen (secondary N) is 2. The van der Waals surface area contributed by atoms with Crippen LogP contribution >= 0.6 is 12.2 Å². The van der Waals surface area contributed by atoms with Crippen LogP contribution < -0.4 is 10.6 Å². The van der Waals surface area contributed by atoms with Crippen molar-refractivity contribution in [1.29, 1.82) is 0 Å². The molecule has 9 nitrogen and oxygen atoms in total. The van der Waals surface area contributed by atoms with E-state index in [0.717, 1.165) is 0 Å². The minimum absolute atomic E-state index is 0.0241. The summed E-state index contributed by atoms with van der Waals surface area (Å²) in [5.74, 6) is -0.508. The number of amides is 1. The predicted molar refractivity (Wildman–Crippen MR) is 90.2 cm³/mol. The number of fused-ring (bicyclic) bond motifs is 1. The van der Waals surface area contributed by atoms with Crippen LogP contribution in [0, 0.1) is 0 Å². The number of sulfone groups is 2. The molecular weight excluding hydrogens is 378 g/mol. The van der Waals surface area contributed by atoms with Gasteiger partial charge in [0.1, 0.15) is 0 Å². The molecule has 0 aliphatic carbocycles. The van der Waals surface area contributed by atoms with Crippen molar-refractivity contribution in [1.82, 2.24) is 15.5 Å². The molecule has 0 bridgehead atoms. The molecule has 12 heteroatoms. The van der Waals surface area contributed by atoms with Gasteiger partial charge in [0.2, 0.25) is 0 Å². The van der Waals surface area contributed by atoms with Gasteiger partial charge >= 0.3 is 6.09 Å². The fraction of sp³-hybridized carbons (Fsp3) is 0.833. The van der Waals surface area contributed by atoms with E-state index in [1.54, 1.807) is 11.8 Å². The monoisotopic (exact) mass is 397 g/mol. The highest BCUT2D eigenvalue weighted by atomic mass is 32.2. The van der Waals surface area contributed by atoms with Gasteiger partial charge in [-0.3, -0.25) is 0 Å². The summed E-state index contributed by atoms with van der Waals surface area (Å²) in [6.07, 6.45) is -0.696. The van der Waals surface area contributed by atoms with E-state index in [-0.39, 0.29) is 35.7 Å². The summed E-state index contributed by atoms with van der Waals surface area (Å²) in [5, 5.41) is 5.86. The van der Waals surface area contributed by atoms with E-state index in [4.69, 9.17) is 17.0 Å². The van der Waals surface area contributed by atoms with Gasteiger partial charge in [-0.25, -0.2) is 21.6 Å². The van der Waals surface area contributed by atoms with Crippen molar-refractivity contribution < 1.29 is 26.4 Å². The Morgan fingerprint density at radius 3 is 2.50 bits per heavy atom. The summed E-state index contributed by atoms with van der Waals surface area (Å²) in [6.45, 7) is 1.82. The van der Waals surface area contributed by atoms with Gasteiger partial charge in [0, 0.05) is 0 Å². The lowest BCUT2D eigenvalue weighted by Crippen LogP contribution is -2.55. The molecule has 0 aromatic heterocycles. The molecular formula is C12H19N3O6S3. The highest BCUT2D eigenvalue weighted by Crippen LogP contribution is 2.30.